The minimum atomic E-state index is 0.313. The zero-order chi connectivity index (χ0) is 10.4. The lowest BCUT2D eigenvalue weighted by molar-refractivity contribution is -0.131. The maximum Gasteiger partial charge on any atom is 0.223 e. The lowest BCUT2D eigenvalue weighted by Gasteiger charge is -2.21. The van der Waals surface area contributed by atoms with E-state index in [1.165, 1.54) is 12.8 Å². The van der Waals surface area contributed by atoms with Gasteiger partial charge in [0, 0.05) is 26.1 Å². The van der Waals surface area contributed by atoms with Crippen LogP contribution in [-0.2, 0) is 4.79 Å². The van der Waals surface area contributed by atoms with Gasteiger partial charge in [0.1, 0.15) is 0 Å². The first-order chi connectivity index (χ1) is 6.77. The second-order valence-corrected chi connectivity index (χ2v) is 4.14. The van der Waals surface area contributed by atoms with Crippen LogP contribution in [-0.4, -0.2) is 37.5 Å². The highest BCUT2D eigenvalue weighted by molar-refractivity contribution is 5.76. The van der Waals surface area contributed by atoms with Crippen LogP contribution in [0, 0.1) is 5.92 Å². The molecule has 3 heteroatoms. The van der Waals surface area contributed by atoms with Crippen LogP contribution in [0.15, 0.2) is 0 Å². The molecule has 1 aliphatic rings. The number of carbonyl (C=O) groups is 1. The fourth-order valence-electron chi connectivity index (χ4n) is 1.59. The number of amides is 1. The maximum absolute atomic E-state index is 11.7. The van der Waals surface area contributed by atoms with Gasteiger partial charge >= 0.3 is 0 Å². The Balaban J connectivity index is 2.26. The van der Waals surface area contributed by atoms with E-state index in [0.717, 1.165) is 32.0 Å². The van der Waals surface area contributed by atoms with Gasteiger partial charge < -0.3 is 10.2 Å². The Morgan fingerprint density at radius 1 is 1.50 bits per heavy atom. The summed E-state index contributed by atoms with van der Waals surface area (Å²) in [5, 5.41) is 3.02. The molecule has 3 nitrogen and oxygen atoms in total. The summed E-state index contributed by atoms with van der Waals surface area (Å²) in [4.78, 5) is 13.8. The second-order valence-electron chi connectivity index (χ2n) is 4.14. The van der Waals surface area contributed by atoms with Gasteiger partial charge in [-0.3, -0.25) is 4.79 Å². The van der Waals surface area contributed by atoms with Crippen LogP contribution in [0.2, 0.25) is 0 Å². The van der Waals surface area contributed by atoms with Crippen LogP contribution >= 0.6 is 0 Å². The first kappa shape index (κ1) is 11.5. The molecular weight excluding hydrogens is 176 g/mol. The van der Waals surface area contributed by atoms with E-state index in [9.17, 15) is 4.79 Å². The maximum atomic E-state index is 11.7. The SMILES string of the molecule is CCCN(CC1CC1)C(=O)CCNC. The third-order valence-electron chi connectivity index (χ3n) is 2.61. The molecule has 0 aromatic heterocycles. The molecule has 1 amide bonds. The second kappa shape index (κ2) is 6.02. The summed E-state index contributed by atoms with van der Waals surface area (Å²) < 4.78 is 0. The van der Waals surface area contributed by atoms with E-state index in [4.69, 9.17) is 0 Å². The lowest BCUT2D eigenvalue weighted by atomic mass is 10.3. The highest BCUT2D eigenvalue weighted by Crippen LogP contribution is 2.29. The Labute approximate surface area is 86.9 Å². The molecule has 0 atom stereocenters. The van der Waals surface area contributed by atoms with Gasteiger partial charge in [-0.1, -0.05) is 6.92 Å². The van der Waals surface area contributed by atoms with Crippen molar-refractivity contribution in [1.82, 2.24) is 10.2 Å². The summed E-state index contributed by atoms with van der Waals surface area (Å²) in [6.07, 6.45) is 4.35. The van der Waals surface area contributed by atoms with E-state index in [-0.39, 0.29) is 0 Å². The predicted octanol–water partition coefficient (Wildman–Crippen LogP) is 1.24. The van der Waals surface area contributed by atoms with Crippen molar-refractivity contribution in [3.63, 3.8) is 0 Å². The van der Waals surface area contributed by atoms with Crippen LogP contribution in [0.4, 0.5) is 0 Å². The molecule has 0 aliphatic heterocycles. The Kier molecular flexibility index (Phi) is 4.94. The summed E-state index contributed by atoms with van der Waals surface area (Å²) in [6.45, 7) is 4.85. The Bertz CT molecular complexity index is 178. The van der Waals surface area contributed by atoms with E-state index < -0.39 is 0 Å². The van der Waals surface area contributed by atoms with Gasteiger partial charge in [0.05, 0.1) is 0 Å². The van der Waals surface area contributed by atoms with Gasteiger partial charge in [-0.05, 0) is 32.2 Å². The number of hydrogen-bond acceptors (Lipinski definition) is 2. The first-order valence-corrected chi connectivity index (χ1v) is 5.70. The smallest absolute Gasteiger partial charge is 0.223 e. The highest BCUT2D eigenvalue weighted by Gasteiger charge is 2.25. The zero-order valence-corrected chi connectivity index (χ0v) is 9.38. The van der Waals surface area contributed by atoms with Crippen LogP contribution in [0.3, 0.4) is 0 Å². The number of hydrogen-bond donors (Lipinski definition) is 1. The van der Waals surface area contributed by atoms with Gasteiger partial charge in [0.15, 0.2) is 0 Å². The van der Waals surface area contributed by atoms with Gasteiger partial charge in [0.25, 0.3) is 0 Å². The fourth-order valence-corrected chi connectivity index (χ4v) is 1.59. The molecule has 0 saturated heterocycles. The Morgan fingerprint density at radius 3 is 2.71 bits per heavy atom. The normalized spacial score (nSPS) is 15.6. The largest absolute Gasteiger partial charge is 0.342 e. The Hall–Kier alpha value is -0.570. The van der Waals surface area contributed by atoms with Crippen molar-refractivity contribution in [2.45, 2.75) is 32.6 Å². The number of rotatable bonds is 7. The average molecular weight is 198 g/mol. The van der Waals surface area contributed by atoms with Crippen LogP contribution < -0.4 is 5.32 Å². The highest BCUT2D eigenvalue weighted by atomic mass is 16.2. The number of carbonyl (C=O) groups excluding carboxylic acids is 1. The first-order valence-electron chi connectivity index (χ1n) is 5.70. The van der Waals surface area contributed by atoms with Gasteiger partial charge in [-0.2, -0.15) is 0 Å². The van der Waals surface area contributed by atoms with E-state index in [1.54, 1.807) is 0 Å². The summed E-state index contributed by atoms with van der Waals surface area (Å²) in [5.41, 5.74) is 0. The van der Waals surface area contributed by atoms with Crippen molar-refractivity contribution in [1.29, 1.82) is 0 Å². The Morgan fingerprint density at radius 2 is 2.21 bits per heavy atom. The van der Waals surface area contributed by atoms with E-state index in [0.29, 0.717) is 12.3 Å². The lowest BCUT2D eigenvalue weighted by Crippen LogP contribution is -2.35. The predicted molar refractivity (Wildman–Crippen MR) is 58.1 cm³/mol. The molecule has 0 spiro atoms. The van der Waals surface area contributed by atoms with Gasteiger partial charge in [-0.25, -0.2) is 0 Å². The molecule has 0 unspecified atom stereocenters. The fraction of sp³-hybridized carbons (Fsp3) is 0.909. The van der Waals surface area contributed by atoms with E-state index in [2.05, 4.69) is 12.2 Å². The monoisotopic (exact) mass is 198 g/mol. The van der Waals surface area contributed by atoms with Crippen LogP contribution in [0.25, 0.3) is 0 Å². The van der Waals surface area contributed by atoms with Gasteiger partial charge in [0.2, 0.25) is 5.91 Å². The summed E-state index contributed by atoms with van der Waals surface area (Å²) in [7, 11) is 1.89. The minimum absolute atomic E-state index is 0.313. The number of nitrogens with one attached hydrogen (secondary N) is 1. The summed E-state index contributed by atoms with van der Waals surface area (Å²) in [6, 6.07) is 0. The standard InChI is InChI=1S/C11H22N2O/c1-3-8-13(9-10-4-5-10)11(14)6-7-12-2/h10,12H,3-9H2,1-2H3. The van der Waals surface area contributed by atoms with Crippen LogP contribution in [0.1, 0.15) is 32.6 Å². The van der Waals surface area contributed by atoms with Crippen molar-refractivity contribution >= 4 is 5.91 Å². The average Bonchev–Trinajstić information content (AvgIpc) is 2.97. The molecule has 0 bridgehead atoms. The molecule has 1 aliphatic carbocycles. The van der Waals surface area contributed by atoms with Crippen molar-refractivity contribution in [2.24, 2.45) is 5.92 Å². The minimum Gasteiger partial charge on any atom is -0.342 e. The molecule has 0 radical (unpaired) electrons. The van der Waals surface area contributed by atoms with Crippen molar-refractivity contribution < 1.29 is 4.79 Å². The number of nitrogens with zero attached hydrogens (tertiary/aromatic N) is 1. The molecule has 1 rings (SSSR count). The molecule has 1 N–H and O–H groups in total. The summed E-state index contributed by atoms with van der Waals surface area (Å²) >= 11 is 0. The third-order valence-corrected chi connectivity index (χ3v) is 2.61. The van der Waals surface area contributed by atoms with Crippen LogP contribution in [0.5, 0.6) is 0 Å². The zero-order valence-electron chi connectivity index (χ0n) is 9.38. The summed E-state index contributed by atoms with van der Waals surface area (Å²) in [5.74, 6) is 1.12. The van der Waals surface area contributed by atoms with Crippen molar-refractivity contribution in [3.05, 3.63) is 0 Å². The van der Waals surface area contributed by atoms with E-state index in [1.807, 2.05) is 11.9 Å². The molecule has 0 heterocycles. The molecule has 0 aromatic rings. The molecular formula is C11H22N2O. The molecule has 82 valence electrons. The van der Waals surface area contributed by atoms with Crippen molar-refractivity contribution in [3.8, 4) is 0 Å². The van der Waals surface area contributed by atoms with E-state index >= 15 is 0 Å². The van der Waals surface area contributed by atoms with Crippen molar-refractivity contribution in [2.75, 3.05) is 26.7 Å². The molecule has 1 fully saturated rings. The molecule has 0 aromatic carbocycles. The van der Waals surface area contributed by atoms with Gasteiger partial charge in [-0.15, -0.1) is 0 Å². The third kappa shape index (κ3) is 4.09. The molecule has 14 heavy (non-hydrogen) atoms. The quantitative estimate of drug-likeness (QED) is 0.667. The molecule has 1 saturated carbocycles. The topological polar surface area (TPSA) is 32.3 Å².